The number of nitrogens with zero attached hydrogens (tertiary/aromatic N) is 1. The van der Waals surface area contributed by atoms with Crippen LogP contribution in [0.5, 0.6) is 0 Å². The van der Waals surface area contributed by atoms with Crippen molar-refractivity contribution in [1.82, 2.24) is 10.6 Å². The van der Waals surface area contributed by atoms with Crippen LogP contribution in [0.25, 0.3) is 0 Å². The fourth-order valence-electron chi connectivity index (χ4n) is 2.30. The summed E-state index contributed by atoms with van der Waals surface area (Å²) < 4.78 is 5.32. The van der Waals surface area contributed by atoms with Crippen LogP contribution in [0.1, 0.15) is 24.2 Å². The third-order valence-corrected chi connectivity index (χ3v) is 3.55. The number of aliphatic imine (C=N–C) groups is 1. The van der Waals surface area contributed by atoms with Crippen LogP contribution in [-0.2, 0) is 6.42 Å². The van der Waals surface area contributed by atoms with Crippen molar-refractivity contribution >= 4 is 29.9 Å². The van der Waals surface area contributed by atoms with E-state index < -0.39 is 0 Å². The van der Waals surface area contributed by atoms with E-state index in [0.717, 1.165) is 36.8 Å². The predicted molar refractivity (Wildman–Crippen MR) is 108 cm³/mol. The summed E-state index contributed by atoms with van der Waals surface area (Å²) in [5.41, 5.74) is 1.10. The van der Waals surface area contributed by atoms with E-state index in [9.17, 15) is 5.11 Å². The number of nitrogens with one attached hydrogen (secondary N) is 2. The Balaban J connectivity index is 0.00000288. The standard InChI is InChI=1S/C18H25N3O2.HI/c1-2-19-18(20-11-10-17-9-6-12-23-17)21-13-16(14-22)15-7-4-3-5-8-15;/h3-9,12,16,22H,2,10-11,13-14H2,1H3,(H2,19,20,21);1H. The topological polar surface area (TPSA) is 69.8 Å². The largest absolute Gasteiger partial charge is 0.469 e. The zero-order valence-corrected chi connectivity index (χ0v) is 16.3. The molecule has 3 N–H and O–H groups in total. The molecule has 0 spiro atoms. The molecule has 0 radical (unpaired) electrons. The Kier molecular flexibility index (Phi) is 10.2. The molecule has 2 aromatic rings. The highest BCUT2D eigenvalue weighted by Crippen LogP contribution is 2.14. The van der Waals surface area contributed by atoms with Crippen molar-refractivity contribution in [3.8, 4) is 0 Å². The summed E-state index contributed by atoms with van der Waals surface area (Å²) in [7, 11) is 0. The van der Waals surface area contributed by atoms with Gasteiger partial charge in [-0.25, -0.2) is 0 Å². The van der Waals surface area contributed by atoms with Crippen molar-refractivity contribution in [3.05, 3.63) is 60.1 Å². The lowest BCUT2D eigenvalue weighted by Gasteiger charge is -2.15. The fraction of sp³-hybridized carbons (Fsp3) is 0.389. The minimum Gasteiger partial charge on any atom is -0.469 e. The molecule has 1 atom stereocenters. The van der Waals surface area contributed by atoms with Gasteiger partial charge in [-0.2, -0.15) is 0 Å². The number of benzene rings is 1. The molecule has 24 heavy (non-hydrogen) atoms. The van der Waals surface area contributed by atoms with E-state index in [2.05, 4.69) is 15.6 Å². The van der Waals surface area contributed by atoms with E-state index in [4.69, 9.17) is 4.42 Å². The van der Waals surface area contributed by atoms with Crippen molar-refractivity contribution in [1.29, 1.82) is 0 Å². The molecule has 2 rings (SSSR count). The zero-order chi connectivity index (χ0) is 16.3. The molecule has 6 heteroatoms. The molecule has 1 aromatic carbocycles. The lowest BCUT2D eigenvalue weighted by atomic mass is 10.0. The first kappa shape index (κ1) is 20.5. The van der Waals surface area contributed by atoms with Crippen molar-refractivity contribution in [2.75, 3.05) is 26.2 Å². The fourth-order valence-corrected chi connectivity index (χ4v) is 2.30. The molecule has 1 heterocycles. The minimum absolute atomic E-state index is 0. The van der Waals surface area contributed by atoms with Crippen molar-refractivity contribution < 1.29 is 9.52 Å². The van der Waals surface area contributed by atoms with Gasteiger partial charge in [0.1, 0.15) is 5.76 Å². The molecule has 0 aliphatic carbocycles. The van der Waals surface area contributed by atoms with Gasteiger partial charge in [-0.1, -0.05) is 30.3 Å². The van der Waals surface area contributed by atoms with E-state index in [1.165, 1.54) is 0 Å². The van der Waals surface area contributed by atoms with Crippen LogP contribution in [0, 0.1) is 0 Å². The monoisotopic (exact) mass is 443 g/mol. The number of hydrogen-bond donors (Lipinski definition) is 3. The summed E-state index contributed by atoms with van der Waals surface area (Å²) >= 11 is 0. The Hall–Kier alpha value is -1.54. The first-order valence-electron chi connectivity index (χ1n) is 8.03. The molecule has 5 nitrogen and oxygen atoms in total. The van der Waals surface area contributed by atoms with Gasteiger partial charge >= 0.3 is 0 Å². The van der Waals surface area contributed by atoms with Crippen LogP contribution in [-0.4, -0.2) is 37.3 Å². The number of aliphatic hydroxyl groups excluding tert-OH is 1. The average Bonchev–Trinajstić information content (AvgIpc) is 3.10. The third kappa shape index (κ3) is 6.92. The summed E-state index contributed by atoms with van der Waals surface area (Å²) in [6.07, 6.45) is 2.49. The quantitative estimate of drug-likeness (QED) is 0.334. The molecule has 1 unspecified atom stereocenters. The van der Waals surface area contributed by atoms with E-state index in [0.29, 0.717) is 6.54 Å². The van der Waals surface area contributed by atoms with E-state index in [1.54, 1.807) is 6.26 Å². The number of furan rings is 1. The smallest absolute Gasteiger partial charge is 0.191 e. The van der Waals surface area contributed by atoms with Crippen LogP contribution in [0.4, 0.5) is 0 Å². The Morgan fingerprint density at radius 3 is 2.58 bits per heavy atom. The van der Waals surface area contributed by atoms with Crippen molar-refractivity contribution in [2.24, 2.45) is 4.99 Å². The van der Waals surface area contributed by atoms with Crippen LogP contribution >= 0.6 is 24.0 Å². The molecule has 0 aliphatic rings. The van der Waals surface area contributed by atoms with Gasteiger partial charge in [0.2, 0.25) is 0 Å². The molecule has 0 fully saturated rings. The van der Waals surface area contributed by atoms with Crippen LogP contribution < -0.4 is 10.6 Å². The number of rotatable bonds is 8. The van der Waals surface area contributed by atoms with Gasteiger partial charge in [-0.15, -0.1) is 24.0 Å². The number of halogens is 1. The lowest BCUT2D eigenvalue weighted by Crippen LogP contribution is -2.38. The summed E-state index contributed by atoms with van der Waals surface area (Å²) in [5, 5.41) is 16.1. The summed E-state index contributed by atoms with van der Waals surface area (Å²) in [6, 6.07) is 13.8. The summed E-state index contributed by atoms with van der Waals surface area (Å²) in [4.78, 5) is 4.58. The molecular weight excluding hydrogens is 417 g/mol. The highest BCUT2D eigenvalue weighted by molar-refractivity contribution is 14.0. The van der Waals surface area contributed by atoms with E-state index >= 15 is 0 Å². The first-order chi connectivity index (χ1) is 11.3. The second-order valence-corrected chi connectivity index (χ2v) is 5.27. The highest BCUT2D eigenvalue weighted by Gasteiger charge is 2.10. The molecule has 0 saturated heterocycles. The number of hydrogen-bond acceptors (Lipinski definition) is 3. The maximum atomic E-state index is 9.60. The molecule has 0 bridgehead atoms. The Morgan fingerprint density at radius 2 is 1.96 bits per heavy atom. The Labute approximate surface area is 160 Å². The second-order valence-electron chi connectivity index (χ2n) is 5.27. The van der Waals surface area contributed by atoms with Gasteiger partial charge in [0.15, 0.2) is 5.96 Å². The third-order valence-electron chi connectivity index (χ3n) is 3.55. The van der Waals surface area contributed by atoms with Crippen LogP contribution in [0.2, 0.25) is 0 Å². The van der Waals surface area contributed by atoms with Gasteiger partial charge in [0.25, 0.3) is 0 Å². The SMILES string of the molecule is CCNC(=NCC(CO)c1ccccc1)NCCc1ccco1.I. The Morgan fingerprint density at radius 1 is 1.17 bits per heavy atom. The van der Waals surface area contributed by atoms with E-state index in [1.807, 2.05) is 49.4 Å². The average molecular weight is 443 g/mol. The van der Waals surface area contributed by atoms with Gasteiger partial charge < -0.3 is 20.2 Å². The van der Waals surface area contributed by atoms with Crippen LogP contribution in [0.15, 0.2) is 58.1 Å². The predicted octanol–water partition coefficient (Wildman–Crippen LogP) is 2.77. The minimum atomic E-state index is 0. The second kappa shape index (κ2) is 11.9. The number of guanidine groups is 1. The number of aliphatic hydroxyl groups is 1. The maximum absolute atomic E-state index is 9.60. The van der Waals surface area contributed by atoms with Gasteiger partial charge in [0, 0.05) is 25.4 Å². The van der Waals surface area contributed by atoms with Crippen molar-refractivity contribution in [2.45, 2.75) is 19.3 Å². The zero-order valence-electron chi connectivity index (χ0n) is 13.9. The molecule has 1 aromatic heterocycles. The molecule has 132 valence electrons. The van der Waals surface area contributed by atoms with Gasteiger partial charge in [0.05, 0.1) is 19.4 Å². The molecule has 0 saturated carbocycles. The summed E-state index contributed by atoms with van der Waals surface area (Å²) in [5.74, 6) is 1.72. The molecular formula is C18H26IN3O2. The first-order valence-corrected chi connectivity index (χ1v) is 8.03. The normalized spacial score (nSPS) is 12.3. The maximum Gasteiger partial charge on any atom is 0.191 e. The Bertz CT molecular complexity index is 573. The van der Waals surface area contributed by atoms with Crippen molar-refractivity contribution in [3.63, 3.8) is 0 Å². The lowest BCUT2D eigenvalue weighted by molar-refractivity contribution is 0.268. The highest BCUT2D eigenvalue weighted by atomic mass is 127. The molecule has 0 amide bonds. The van der Waals surface area contributed by atoms with Gasteiger partial charge in [-0.3, -0.25) is 4.99 Å². The summed E-state index contributed by atoms with van der Waals surface area (Å²) in [6.45, 7) is 4.19. The van der Waals surface area contributed by atoms with Gasteiger partial charge in [-0.05, 0) is 24.6 Å². The van der Waals surface area contributed by atoms with Crippen LogP contribution in [0.3, 0.4) is 0 Å². The van der Waals surface area contributed by atoms with E-state index in [-0.39, 0.29) is 36.5 Å². The molecule has 0 aliphatic heterocycles.